The maximum Gasteiger partial charge on any atom is 0.307 e. The molecule has 1 amide bonds. The average Bonchev–Trinajstić information content (AvgIpc) is 2.77. The predicted octanol–water partition coefficient (Wildman–Crippen LogP) is 5.19. The molecule has 0 heterocycles. The van der Waals surface area contributed by atoms with Gasteiger partial charge in [-0.3, -0.25) is 9.59 Å². The van der Waals surface area contributed by atoms with Crippen molar-refractivity contribution in [3.05, 3.63) is 86.3 Å². The number of halogens is 2. The monoisotopic (exact) mass is 577 g/mol. The molecule has 0 aliphatic rings. The Morgan fingerprint density at radius 1 is 1.00 bits per heavy atom. The predicted molar refractivity (Wildman–Crippen MR) is 130 cm³/mol. The second kappa shape index (κ2) is 11.3. The minimum Gasteiger partial charge on any atom is -0.507 e. The van der Waals surface area contributed by atoms with Crippen LogP contribution in [-0.4, -0.2) is 33.7 Å². The lowest BCUT2D eigenvalue weighted by Crippen LogP contribution is -2.25. The summed E-state index contributed by atoms with van der Waals surface area (Å²) in [6.45, 7) is 0.210. The number of phenolic OH excluding ortho intramolecular Hbond substituents is 1. The molecular formula is C24H21Br2NO6. The molecule has 172 valence electrons. The molecule has 4 N–H and O–H groups in total. The normalized spacial score (nSPS) is 11.6. The van der Waals surface area contributed by atoms with E-state index >= 15 is 0 Å². The smallest absolute Gasteiger partial charge is 0.307 e. The van der Waals surface area contributed by atoms with Crippen LogP contribution in [0.3, 0.4) is 0 Å². The Kier molecular flexibility index (Phi) is 8.49. The van der Waals surface area contributed by atoms with Gasteiger partial charge in [-0.05, 0) is 79.7 Å². The van der Waals surface area contributed by atoms with Gasteiger partial charge in [0.05, 0.1) is 27.0 Å². The first-order valence-electron chi connectivity index (χ1n) is 9.96. The molecule has 33 heavy (non-hydrogen) atoms. The lowest BCUT2D eigenvalue weighted by atomic mass is 10.1. The number of hydrogen-bond acceptors (Lipinski definition) is 5. The van der Waals surface area contributed by atoms with Gasteiger partial charge in [-0.25, -0.2) is 0 Å². The SMILES string of the molecule is O=C(O)Cc1cc(Br)c(Oc2ccc(O)c(C(=O)NCC[C@@H](O)c3ccccc3)c2)c(Br)c1. The number of aliphatic carboxylic acids is 1. The van der Waals surface area contributed by atoms with Crippen LogP contribution < -0.4 is 10.1 Å². The molecule has 0 unspecified atom stereocenters. The second-order valence-electron chi connectivity index (χ2n) is 7.21. The summed E-state index contributed by atoms with van der Waals surface area (Å²) >= 11 is 6.75. The van der Waals surface area contributed by atoms with E-state index in [4.69, 9.17) is 9.84 Å². The number of carbonyl (C=O) groups is 2. The molecule has 9 heteroatoms. The number of carboxylic acids is 1. The minimum absolute atomic E-state index is 0.0245. The van der Waals surface area contributed by atoms with Crippen molar-refractivity contribution in [1.29, 1.82) is 0 Å². The summed E-state index contributed by atoms with van der Waals surface area (Å²) in [5, 5.41) is 32.0. The highest BCUT2D eigenvalue weighted by atomic mass is 79.9. The van der Waals surface area contributed by atoms with Crippen molar-refractivity contribution < 1.29 is 29.6 Å². The first-order chi connectivity index (χ1) is 15.7. The number of carbonyl (C=O) groups excluding carboxylic acids is 1. The summed E-state index contributed by atoms with van der Waals surface area (Å²) in [4.78, 5) is 23.5. The summed E-state index contributed by atoms with van der Waals surface area (Å²) in [5.41, 5.74) is 1.36. The van der Waals surface area contributed by atoms with Gasteiger partial charge in [-0.1, -0.05) is 30.3 Å². The molecule has 0 radical (unpaired) electrons. The summed E-state index contributed by atoms with van der Waals surface area (Å²) in [7, 11) is 0. The fourth-order valence-electron chi connectivity index (χ4n) is 3.12. The van der Waals surface area contributed by atoms with Crippen molar-refractivity contribution in [3.63, 3.8) is 0 Å². The molecule has 3 aromatic rings. The lowest BCUT2D eigenvalue weighted by molar-refractivity contribution is -0.136. The standard InChI is InChI=1S/C24H21Br2NO6/c25-18-10-14(12-22(30)31)11-19(26)23(18)33-16-6-7-21(29)17(13-16)24(32)27-9-8-20(28)15-4-2-1-3-5-15/h1-7,10-11,13,20,28-29H,8-9,12H2,(H,27,32)(H,30,31)/t20-/m1/s1. The van der Waals surface area contributed by atoms with E-state index in [-0.39, 0.29) is 24.3 Å². The van der Waals surface area contributed by atoms with E-state index in [1.165, 1.54) is 18.2 Å². The van der Waals surface area contributed by atoms with Crippen LogP contribution in [0.1, 0.15) is 34.0 Å². The Labute approximate surface area is 207 Å². The number of hydrogen-bond donors (Lipinski definition) is 4. The topological polar surface area (TPSA) is 116 Å². The van der Waals surface area contributed by atoms with E-state index in [2.05, 4.69) is 37.2 Å². The highest BCUT2D eigenvalue weighted by molar-refractivity contribution is 9.11. The molecule has 0 aromatic heterocycles. The van der Waals surface area contributed by atoms with Crippen LogP contribution in [-0.2, 0) is 11.2 Å². The third kappa shape index (κ3) is 6.80. The molecule has 3 rings (SSSR count). The maximum absolute atomic E-state index is 12.6. The maximum atomic E-state index is 12.6. The van der Waals surface area contributed by atoms with Crippen LogP contribution in [0, 0.1) is 0 Å². The summed E-state index contributed by atoms with van der Waals surface area (Å²) in [5.74, 6) is -0.971. The Morgan fingerprint density at radius 3 is 2.30 bits per heavy atom. The third-order valence-electron chi connectivity index (χ3n) is 4.73. The van der Waals surface area contributed by atoms with Gasteiger partial charge in [0, 0.05) is 6.54 Å². The zero-order chi connectivity index (χ0) is 24.0. The number of nitrogens with one attached hydrogen (secondary N) is 1. The number of carboxylic acid groups (broad SMARTS) is 1. The van der Waals surface area contributed by atoms with Gasteiger partial charge < -0.3 is 25.4 Å². The molecule has 0 saturated heterocycles. The van der Waals surface area contributed by atoms with Crippen molar-refractivity contribution in [2.45, 2.75) is 18.9 Å². The van der Waals surface area contributed by atoms with Gasteiger partial charge >= 0.3 is 5.97 Å². The van der Waals surface area contributed by atoms with Crippen LogP contribution >= 0.6 is 31.9 Å². The number of benzene rings is 3. The zero-order valence-corrected chi connectivity index (χ0v) is 20.5. The quantitative estimate of drug-likeness (QED) is 0.278. The Bertz CT molecular complexity index is 1130. The number of aromatic hydroxyl groups is 1. The Hall–Kier alpha value is -2.88. The number of phenols is 1. The number of aliphatic hydroxyl groups is 1. The van der Waals surface area contributed by atoms with Crippen molar-refractivity contribution in [1.82, 2.24) is 5.32 Å². The van der Waals surface area contributed by atoms with E-state index in [9.17, 15) is 19.8 Å². The molecule has 1 atom stereocenters. The Morgan fingerprint density at radius 2 is 1.67 bits per heavy atom. The Balaban J connectivity index is 1.68. The number of amides is 1. The van der Waals surface area contributed by atoms with Crippen molar-refractivity contribution in [2.75, 3.05) is 6.54 Å². The number of aliphatic hydroxyl groups excluding tert-OH is 1. The molecular weight excluding hydrogens is 558 g/mol. The fraction of sp³-hybridized carbons (Fsp3) is 0.167. The van der Waals surface area contributed by atoms with E-state index in [0.29, 0.717) is 32.4 Å². The molecule has 0 bridgehead atoms. The average molecular weight is 579 g/mol. The number of rotatable bonds is 9. The first-order valence-corrected chi connectivity index (χ1v) is 11.5. The van der Waals surface area contributed by atoms with Crippen LogP contribution in [0.25, 0.3) is 0 Å². The van der Waals surface area contributed by atoms with Crippen LogP contribution in [0.2, 0.25) is 0 Å². The van der Waals surface area contributed by atoms with E-state index < -0.39 is 18.0 Å². The van der Waals surface area contributed by atoms with Crippen molar-refractivity contribution in [3.8, 4) is 17.2 Å². The highest BCUT2D eigenvalue weighted by Crippen LogP contribution is 2.38. The van der Waals surface area contributed by atoms with Crippen molar-refractivity contribution in [2.24, 2.45) is 0 Å². The second-order valence-corrected chi connectivity index (χ2v) is 8.92. The van der Waals surface area contributed by atoms with Gasteiger partial charge in [0.1, 0.15) is 11.5 Å². The summed E-state index contributed by atoms with van der Waals surface area (Å²) in [6.07, 6.45) is -0.538. The largest absolute Gasteiger partial charge is 0.507 e. The molecule has 0 fully saturated rings. The van der Waals surface area contributed by atoms with Gasteiger partial charge in [0.15, 0.2) is 5.75 Å². The first kappa shape index (κ1) is 24.8. The van der Waals surface area contributed by atoms with Gasteiger partial charge in [0.2, 0.25) is 0 Å². The van der Waals surface area contributed by atoms with Gasteiger partial charge in [-0.2, -0.15) is 0 Å². The van der Waals surface area contributed by atoms with E-state index in [0.717, 1.165) is 5.56 Å². The molecule has 0 aliphatic carbocycles. The molecule has 0 spiro atoms. The molecule has 0 aliphatic heterocycles. The zero-order valence-electron chi connectivity index (χ0n) is 17.3. The third-order valence-corrected chi connectivity index (χ3v) is 5.91. The highest BCUT2D eigenvalue weighted by Gasteiger charge is 2.16. The van der Waals surface area contributed by atoms with E-state index in [1.54, 1.807) is 12.1 Å². The van der Waals surface area contributed by atoms with Crippen LogP contribution in [0.15, 0.2) is 69.6 Å². The lowest BCUT2D eigenvalue weighted by Gasteiger charge is -2.14. The van der Waals surface area contributed by atoms with Crippen molar-refractivity contribution >= 4 is 43.7 Å². The van der Waals surface area contributed by atoms with Crippen LogP contribution in [0.5, 0.6) is 17.2 Å². The molecule has 7 nitrogen and oxygen atoms in total. The van der Waals surface area contributed by atoms with Crippen LogP contribution in [0.4, 0.5) is 0 Å². The summed E-state index contributed by atoms with van der Waals surface area (Å²) in [6, 6.07) is 16.7. The van der Waals surface area contributed by atoms with Gasteiger partial charge in [-0.15, -0.1) is 0 Å². The minimum atomic E-state index is -0.951. The fourth-order valence-corrected chi connectivity index (χ4v) is 4.57. The van der Waals surface area contributed by atoms with E-state index in [1.807, 2.05) is 30.3 Å². The van der Waals surface area contributed by atoms with Gasteiger partial charge in [0.25, 0.3) is 5.91 Å². The molecule has 3 aromatic carbocycles. The number of ether oxygens (including phenoxy) is 1. The summed E-state index contributed by atoms with van der Waals surface area (Å²) < 4.78 is 6.93. The molecule has 0 saturated carbocycles.